The third-order valence-corrected chi connectivity index (χ3v) is 4.98. The number of nitrogens with two attached hydrogens (primary N) is 1. The summed E-state index contributed by atoms with van der Waals surface area (Å²) in [4.78, 5) is 2.62. The largest absolute Gasteiger partial charge is 0.371 e. The lowest BCUT2D eigenvalue weighted by molar-refractivity contribution is 0.538. The standard InChI is InChI=1S/C17H26N2/c1-13(11-18)16-7-6-15-8-9-19(17(15)10-16)12-14-4-2-3-5-14/h6-7,10,13-14H,2-5,8-9,11-12,18H2,1H3. The molecular weight excluding hydrogens is 232 g/mol. The molecule has 1 unspecified atom stereocenters. The molecule has 2 nitrogen and oxygen atoms in total. The van der Waals surface area contributed by atoms with Gasteiger partial charge in [0.15, 0.2) is 0 Å². The Morgan fingerprint density at radius 3 is 2.84 bits per heavy atom. The van der Waals surface area contributed by atoms with Crippen molar-refractivity contribution in [3.05, 3.63) is 29.3 Å². The van der Waals surface area contributed by atoms with Crippen molar-refractivity contribution in [3.8, 4) is 0 Å². The second kappa shape index (κ2) is 5.54. The molecule has 1 atom stereocenters. The molecule has 1 aromatic carbocycles. The molecule has 104 valence electrons. The predicted octanol–water partition coefficient (Wildman–Crippen LogP) is 3.30. The second-order valence-corrected chi connectivity index (χ2v) is 6.37. The van der Waals surface area contributed by atoms with Gasteiger partial charge in [0.2, 0.25) is 0 Å². The zero-order valence-corrected chi connectivity index (χ0v) is 12.1. The van der Waals surface area contributed by atoms with Gasteiger partial charge < -0.3 is 10.6 Å². The van der Waals surface area contributed by atoms with Crippen molar-refractivity contribution < 1.29 is 0 Å². The van der Waals surface area contributed by atoms with Gasteiger partial charge in [-0.3, -0.25) is 0 Å². The van der Waals surface area contributed by atoms with Crippen LogP contribution in [0.2, 0.25) is 0 Å². The van der Waals surface area contributed by atoms with E-state index in [4.69, 9.17) is 5.73 Å². The van der Waals surface area contributed by atoms with Gasteiger partial charge in [-0.15, -0.1) is 0 Å². The van der Waals surface area contributed by atoms with Crippen molar-refractivity contribution in [2.75, 3.05) is 24.5 Å². The van der Waals surface area contributed by atoms with Crippen molar-refractivity contribution in [2.24, 2.45) is 11.7 Å². The number of nitrogens with zero attached hydrogens (tertiary/aromatic N) is 1. The van der Waals surface area contributed by atoms with Gasteiger partial charge in [0, 0.05) is 18.8 Å². The highest BCUT2D eigenvalue weighted by Crippen LogP contribution is 2.34. The van der Waals surface area contributed by atoms with Gasteiger partial charge in [0.05, 0.1) is 0 Å². The molecular formula is C17H26N2. The summed E-state index contributed by atoms with van der Waals surface area (Å²) in [5.74, 6) is 1.40. The minimum absolute atomic E-state index is 0.472. The van der Waals surface area contributed by atoms with E-state index in [1.165, 1.54) is 62.0 Å². The SMILES string of the molecule is CC(CN)c1ccc2c(c1)N(CC1CCCC1)CC2. The monoisotopic (exact) mass is 258 g/mol. The highest BCUT2D eigenvalue weighted by atomic mass is 15.1. The Labute approximate surface area is 117 Å². The first-order chi connectivity index (χ1) is 9.28. The second-order valence-electron chi connectivity index (χ2n) is 6.37. The van der Waals surface area contributed by atoms with Gasteiger partial charge in [0.25, 0.3) is 0 Å². The Morgan fingerprint density at radius 1 is 1.32 bits per heavy atom. The topological polar surface area (TPSA) is 29.3 Å². The maximum absolute atomic E-state index is 5.80. The Kier molecular flexibility index (Phi) is 3.79. The van der Waals surface area contributed by atoms with Crippen molar-refractivity contribution in [1.29, 1.82) is 0 Å². The summed E-state index contributed by atoms with van der Waals surface area (Å²) >= 11 is 0. The van der Waals surface area contributed by atoms with Crippen LogP contribution in [0.5, 0.6) is 0 Å². The molecule has 2 aliphatic rings. The molecule has 2 N–H and O–H groups in total. The molecule has 1 aromatic rings. The molecule has 1 heterocycles. The Morgan fingerprint density at radius 2 is 2.11 bits per heavy atom. The van der Waals surface area contributed by atoms with Crippen LogP contribution in [-0.2, 0) is 6.42 Å². The first-order valence-electron chi connectivity index (χ1n) is 7.85. The molecule has 0 radical (unpaired) electrons. The van der Waals surface area contributed by atoms with Crippen molar-refractivity contribution in [1.82, 2.24) is 0 Å². The molecule has 1 fully saturated rings. The fourth-order valence-corrected chi connectivity index (χ4v) is 3.60. The van der Waals surface area contributed by atoms with Crippen LogP contribution in [0, 0.1) is 5.92 Å². The molecule has 0 saturated heterocycles. The Hall–Kier alpha value is -1.02. The lowest BCUT2D eigenvalue weighted by Gasteiger charge is -2.24. The molecule has 0 amide bonds. The predicted molar refractivity (Wildman–Crippen MR) is 81.8 cm³/mol. The van der Waals surface area contributed by atoms with E-state index in [1.54, 1.807) is 0 Å². The van der Waals surface area contributed by atoms with E-state index in [-0.39, 0.29) is 0 Å². The molecule has 1 aliphatic heterocycles. The highest BCUT2D eigenvalue weighted by Gasteiger charge is 2.24. The van der Waals surface area contributed by atoms with Crippen LogP contribution in [0.25, 0.3) is 0 Å². The number of hydrogen-bond acceptors (Lipinski definition) is 2. The van der Waals surface area contributed by atoms with E-state index in [1.807, 2.05) is 0 Å². The van der Waals surface area contributed by atoms with Crippen LogP contribution in [0.3, 0.4) is 0 Å². The zero-order chi connectivity index (χ0) is 13.2. The van der Waals surface area contributed by atoms with Gasteiger partial charge in [-0.1, -0.05) is 31.9 Å². The Balaban J connectivity index is 1.77. The van der Waals surface area contributed by atoms with E-state index in [0.717, 1.165) is 12.5 Å². The number of anilines is 1. The summed E-state index contributed by atoms with van der Waals surface area (Å²) in [6.45, 7) is 5.44. The van der Waals surface area contributed by atoms with Gasteiger partial charge in [0.1, 0.15) is 0 Å². The normalized spacial score (nSPS) is 20.8. The van der Waals surface area contributed by atoms with Crippen LogP contribution in [0.4, 0.5) is 5.69 Å². The van der Waals surface area contributed by atoms with E-state index in [9.17, 15) is 0 Å². The quantitative estimate of drug-likeness (QED) is 0.898. The van der Waals surface area contributed by atoms with Gasteiger partial charge in [-0.05, 0) is 54.8 Å². The molecule has 19 heavy (non-hydrogen) atoms. The smallest absolute Gasteiger partial charge is 0.0402 e. The number of benzene rings is 1. The average Bonchev–Trinajstić information content (AvgIpc) is 3.08. The van der Waals surface area contributed by atoms with Crippen molar-refractivity contribution in [2.45, 2.75) is 44.9 Å². The molecule has 0 spiro atoms. The third kappa shape index (κ3) is 2.64. The molecule has 1 saturated carbocycles. The van der Waals surface area contributed by atoms with E-state index >= 15 is 0 Å². The highest BCUT2D eigenvalue weighted by molar-refractivity contribution is 5.60. The maximum atomic E-state index is 5.80. The number of rotatable bonds is 4. The summed E-state index contributed by atoms with van der Waals surface area (Å²) in [6.07, 6.45) is 6.97. The summed E-state index contributed by atoms with van der Waals surface area (Å²) in [5, 5.41) is 0. The minimum Gasteiger partial charge on any atom is -0.371 e. The van der Waals surface area contributed by atoms with E-state index < -0.39 is 0 Å². The lowest BCUT2D eigenvalue weighted by Crippen LogP contribution is -2.26. The van der Waals surface area contributed by atoms with E-state index in [0.29, 0.717) is 5.92 Å². The summed E-state index contributed by atoms with van der Waals surface area (Å²) in [7, 11) is 0. The van der Waals surface area contributed by atoms with Crippen LogP contribution in [-0.4, -0.2) is 19.6 Å². The summed E-state index contributed by atoms with van der Waals surface area (Å²) in [5.41, 5.74) is 10.2. The Bertz CT molecular complexity index is 435. The van der Waals surface area contributed by atoms with Crippen molar-refractivity contribution in [3.63, 3.8) is 0 Å². The summed E-state index contributed by atoms with van der Waals surface area (Å²) < 4.78 is 0. The number of fused-ring (bicyclic) bond motifs is 1. The lowest BCUT2D eigenvalue weighted by atomic mass is 9.98. The number of hydrogen-bond donors (Lipinski definition) is 1. The van der Waals surface area contributed by atoms with Crippen LogP contribution in [0.1, 0.15) is 49.7 Å². The fraction of sp³-hybridized carbons (Fsp3) is 0.647. The third-order valence-electron chi connectivity index (χ3n) is 4.98. The van der Waals surface area contributed by atoms with E-state index in [2.05, 4.69) is 30.0 Å². The average molecular weight is 258 g/mol. The molecule has 3 rings (SSSR count). The molecule has 1 aliphatic carbocycles. The summed E-state index contributed by atoms with van der Waals surface area (Å²) in [6, 6.07) is 7.00. The first kappa shape index (κ1) is 13.0. The molecule has 0 aromatic heterocycles. The fourth-order valence-electron chi connectivity index (χ4n) is 3.60. The van der Waals surface area contributed by atoms with Crippen molar-refractivity contribution >= 4 is 5.69 Å². The zero-order valence-electron chi connectivity index (χ0n) is 12.1. The van der Waals surface area contributed by atoms with Crippen LogP contribution in [0.15, 0.2) is 18.2 Å². The maximum Gasteiger partial charge on any atom is 0.0402 e. The van der Waals surface area contributed by atoms with Gasteiger partial charge >= 0.3 is 0 Å². The molecule has 0 bridgehead atoms. The minimum atomic E-state index is 0.472. The first-order valence-corrected chi connectivity index (χ1v) is 7.85. The van der Waals surface area contributed by atoms with Gasteiger partial charge in [-0.25, -0.2) is 0 Å². The van der Waals surface area contributed by atoms with Crippen LogP contribution < -0.4 is 10.6 Å². The molecule has 2 heteroatoms. The van der Waals surface area contributed by atoms with Gasteiger partial charge in [-0.2, -0.15) is 0 Å². The van der Waals surface area contributed by atoms with Crippen LogP contribution >= 0.6 is 0 Å².